The maximum Gasteiger partial charge on any atom is 0.336 e. The van der Waals surface area contributed by atoms with Crippen molar-refractivity contribution in [3.63, 3.8) is 0 Å². The first kappa shape index (κ1) is 12.8. The fraction of sp³-hybridized carbons (Fsp3) is 0.167. The Labute approximate surface area is 98.0 Å². The van der Waals surface area contributed by atoms with Crippen LogP contribution in [0.15, 0.2) is 31.0 Å². The molecule has 1 aromatic rings. The van der Waals surface area contributed by atoms with Gasteiger partial charge in [0.1, 0.15) is 0 Å². The van der Waals surface area contributed by atoms with Gasteiger partial charge in [0.05, 0.1) is 24.0 Å². The number of carbonyl (C=O) groups is 2. The summed E-state index contributed by atoms with van der Waals surface area (Å²) in [5.74, 6) is -2.51. The van der Waals surface area contributed by atoms with E-state index in [1.165, 1.54) is 18.4 Å². The number of carboxylic acids is 2. The van der Waals surface area contributed by atoms with Crippen LogP contribution in [0, 0.1) is 0 Å². The standard InChI is InChI=1S/C12H12O5/c1-2-17-7-6-8-4-3-5-9(11(13)14)10(8)12(15)16/h2-5H,1,6-7H2,(H,13,14)(H,15,16). The van der Waals surface area contributed by atoms with Crippen LogP contribution in [0.2, 0.25) is 0 Å². The first-order valence-electron chi connectivity index (χ1n) is 4.89. The van der Waals surface area contributed by atoms with Crippen LogP contribution in [-0.4, -0.2) is 28.8 Å². The van der Waals surface area contributed by atoms with Crippen molar-refractivity contribution in [2.45, 2.75) is 6.42 Å². The molecule has 0 unspecified atom stereocenters. The zero-order chi connectivity index (χ0) is 12.8. The molecule has 0 amide bonds. The topological polar surface area (TPSA) is 83.8 Å². The maximum atomic E-state index is 11.1. The van der Waals surface area contributed by atoms with Gasteiger partial charge in [-0.2, -0.15) is 0 Å². The smallest absolute Gasteiger partial charge is 0.336 e. The van der Waals surface area contributed by atoms with Crippen molar-refractivity contribution in [3.05, 3.63) is 47.7 Å². The second-order valence-corrected chi connectivity index (χ2v) is 3.24. The zero-order valence-electron chi connectivity index (χ0n) is 9.05. The van der Waals surface area contributed by atoms with Crippen molar-refractivity contribution in [1.82, 2.24) is 0 Å². The van der Waals surface area contributed by atoms with E-state index in [1.807, 2.05) is 0 Å². The molecule has 17 heavy (non-hydrogen) atoms. The fourth-order valence-electron chi connectivity index (χ4n) is 1.49. The SMILES string of the molecule is C=COCCc1cccc(C(=O)O)c1C(=O)O. The molecule has 0 spiro atoms. The van der Waals surface area contributed by atoms with E-state index in [4.69, 9.17) is 14.9 Å². The van der Waals surface area contributed by atoms with E-state index in [-0.39, 0.29) is 17.7 Å². The van der Waals surface area contributed by atoms with Crippen LogP contribution >= 0.6 is 0 Å². The van der Waals surface area contributed by atoms with Gasteiger partial charge in [-0.3, -0.25) is 0 Å². The average Bonchev–Trinajstić information content (AvgIpc) is 2.28. The maximum absolute atomic E-state index is 11.1. The quantitative estimate of drug-likeness (QED) is 0.581. The molecule has 5 nitrogen and oxygen atoms in total. The largest absolute Gasteiger partial charge is 0.501 e. The summed E-state index contributed by atoms with van der Waals surface area (Å²) in [6, 6.07) is 4.35. The van der Waals surface area contributed by atoms with Gasteiger partial charge >= 0.3 is 11.9 Å². The normalized spacial score (nSPS) is 9.65. The predicted octanol–water partition coefficient (Wildman–Crippen LogP) is 1.79. The molecule has 0 aliphatic carbocycles. The molecular weight excluding hydrogens is 224 g/mol. The van der Waals surface area contributed by atoms with Crippen molar-refractivity contribution in [2.24, 2.45) is 0 Å². The van der Waals surface area contributed by atoms with E-state index in [1.54, 1.807) is 6.07 Å². The Bertz CT molecular complexity index is 450. The van der Waals surface area contributed by atoms with Crippen molar-refractivity contribution in [3.8, 4) is 0 Å². The predicted molar refractivity (Wildman–Crippen MR) is 60.2 cm³/mol. The Morgan fingerprint density at radius 3 is 2.53 bits per heavy atom. The highest BCUT2D eigenvalue weighted by Gasteiger charge is 2.19. The number of carboxylic acid groups (broad SMARTS) is 2. The fourth-order valence-corrected chi connectivity index (χ4v) is 1.49. The first-order chi connectivity index (χ1) is 8.07. The molecule has 5 heteroatoms. The van der Waals surface area contributed by atoms with Gasteiger partial charge in [-0.15, -0.1) is 0 Å². The van der Waals surface area contributed by atoms with Crippen LogP contribution in [-0.2, 0) is 11.2 Å². The Morgan fingerprint density at radius 1 is 1.29 bits per heavy atom. The average molecular weight is 236 g/mol. The third-order valence-corrected chi connectivity index (χ3v) is 2.20. The summed E-state index contributed by atoms with van der Waals surface area (Å²) >= 11 is 0. The van der Waals surface area contributed by atoms with Gasteiger partial charge in [-0.05, 0) is 11.6 Å². The van der Waals surface area contributed by atoms with Gasteiger partial charge in [0.2, 0.25) is 0 Å². The zero-order valence-corrected chi connectivity index (χ0v) is 9.05. The van der Waals surface area contributed by atoms with Gasteiger partial charge in [-0.1, -0.05) is 18.7 Å². The first-order valence-corrected chi connectivity index (χ1v) is 4.89. The highest BCUT2D eigenvalue weighted by Crippen LogP contribution is 2.16. The molecule has 1 rings (SSSR count). The third-order valence-electron chi connectivity index (χ3n) is 2.20. The van der Waals surface area contributed by atoms with Crippen LogP contribution in [0.5, 0.6) is 0 Å². The van der Waals surface area contributed by atoms with Crippen LogP contribution < -0.4 is 0 Å². The van der Waals surface area contributed by atoms with Gasteiger partial charge in [0.15, 0.2) is 0 Å². The van der Waals surface area contributed by atoms with Gasteiger partial charge < -0.3 is 14.9 Å². The Hall–Kier alpha value is -2.30. The summed E-state index contributed by atoms with van der Waals surface area (Å²) in [7, 11) is 0. The number of hydrogen-bond acceptors (Lipinski definition) is 3. The highest BCUT2D eigenvalue weighted by atomic mass is 16.5. The summed E-state index contributed by atoms with van der Waals surface area (Å²) in [5, 5.41) is 17.9. The molecular formula is C12H12O5. The molecule has 0 heterocycles. The number of benzene rings is 1. The molecule has 0 radical (unpaired) electrons. The molecule has 2 N–H and O–H groups in total. The minimum Gasteiger partial charge on any atom is -0.501 e. The Kier molecular flexibility index (Phi) is 4.28. The van der Waals surface area contributed by atoms with E-state index >= 15 is 0 Å². The van der Waals surface area contributed by atoms with Gasteiger partial charge in [-0.25, -0.2) is 9.59 Å². The second kappa shape index (κ2) is 5.69. The molecule has 0 aromatic heterocycles. The monoisotopic (exact) mass is 236 g/mol. The minimum atomic E-state index is -1.26. The number of hydrogen-bond donors (Lipinski definition) is 2. The molecule has 0 bridgehead atoms. The molecule has 0 aliphatic rings. The summed E-state index contributed by atoms with van der Waals surface area (Å²) < 4.78 is 4.90. The van der Waals surface area contributed by atoms with Crippen molar-refractivity contribution < 1.29 is 24.5 Å². The number of aromatic carboxylic acids is 2. The lowest BCUT2D eigenvalue weighted by Crippen LogP contribution is -2.12. The van der Waals surface area contributed by atoms with Crippen molar-refractivity contribution in [2.75, 3.05) is 6.61 Å². The van der Waals surface area contributed by atoms with Crippen LogP contribution in [0.25, 0.3) is 0 Å². The van der Waals surface area contributed by atoms with E-state index in [0.29, 0.717) is 12.0 Å². The molecule has 90 valence electrons. The summed E-state index contributed by atoms with van der Waals surface area (Å²) in [4.78, 5) is 22.0. The molecule has 0 atom stereocenters. The molecule has 0 saturated carbocycles. The van der Waals surface area contributed by atoms with Gasteiger partial charge in [0.25, 0.3) is 0 Å². The van der Waals surface area contributed by atoms with Crippen LogP contribution in [0.3, 0.4) is 0 Å². The summed E-state index contributed by atoms with van der Waals surface area (Å²) in [5.41, 5.74) is 0.0283. The van der Waals surface area contributed by atoms with Crippen molar-refractivity contribution in [1.29, 1.82) is 0 Å². The number of ether oxygens (including phenoxy) is 1. The van der Waals surface area contributed by atoms with Gasteiger partial charge in [0, 0.05) is 6.42 Å². The highest BCUT2D eigenvalue weighted by molar-refractivity contribution is 6.02. The lowest BCUT2D eigenvalue weighted by Gasteiger charge is -2.08. The summed E-state index contributed by atoms with van der Waals surface area (Å²) in [6.07, 6.45) is 1.57. The van der Waals surface area contributed by atoms with Crippen LogP contribution in [0.1, 0.15) is 26.3 Å². The molecule has 1 aromatic carbocycles. The van der Waals surface area contributed by atoms with E-state index < -0.39 is 11.9 Å². The summed E-state index contributed by atoms with van der Waals surface area (Å²) in [6.45, 7) is 3.62. The lowest BCUT2D eigenvalue weighted by atomic mass is 9.99. The molecule has 0 fully saturated rings. The molecule has 0 aliphatic heterocycles. The van der Waals surface area contributed by atoms with E-state index in [9.17, 15) is 9.59 Å². The van der Waals surface area contributed by atoms with Crippen LogP contribution in [0.4, 0.5) is 0 Å². The Balaban J connectivity index is 3.11. The van der Waals surface area contributed by atoms with Crippen molar-refractivity contribution >= 4 is 11.9 Å². The second-order valence-electron chi connectivity index (χ2n) is 3.24. The van der Waals surface area contributed by atoms with E-state index in [2.05, 4.69) is 6.58 Å². The number of rotatable bonds is 6. The minimum absolute atomic E-state index is 0.187. The third kappa shape index (κ3) is 3.07. The molecule has 0 saturated heterocycles. The van der Waals surface area contributed by atoms with E-state index in [0.717, 1.165) is 0 Å². The Morgan fingerprint density at radius 2 is 2.00 bits per heavy atom. The lowest BCUT2D eigenvalue weighted by molar-refractivity contribution is 0.0650.